The van der Waals surface area contributed by atoms with E-state index in [4.69, 9.17) is 9.47 Å². The quantitative estimate of drug-likeness (QED) is 0.388. The summed E-state index contributed by atoms with van der Waals surface area (Å²) in [4.78, 5) is 53.8. The zero-order chi connectivity index (χ0) is 28.6. The first kappa shape index (κ1) is 27.9. The number of carbonyl (C=O) groups is 4. The molecule has 2 atom stereocenters. The molecule has 40 heavy (non-hydrogen) atoms. The minimum atomic E-state index is -1.47. The first-order valence-corrected chi connectivity index (χ1v) is 12.3. The number of urea groups is 1. The van der Waals surface area contributed by atoms with Crippen molar-refractivity contribution in [1.82, 2.24) is 15.1 Å². The van der Waals surface area contributed by atoms with Crippen molar-refractivity contribution >= 4 is 29.7 Å². The molecule has 4 amide bonds. The Bertz CT molecular complexity index is 1350. The van der Waals surface area contributed by atoms with Gasteiger partial charge in [0.25, 0.3) is 5.91 Å². The molecular formula is C28H27FN4O7. The molecule has 1 saturated heterocycles. The Kier molecular flexibility index (Phi) is 8.79. The van der Waals surface area contributed by atoms with E-state index >= 15 is 0 Å². The number of para-hydroxylation sites is 1. The summed E-state index contributed by atoms with van der Waals surface area (Å²) in [6.07, 6.45) is -2.86. The number of hydrogen-bond donors (Lipinski definition) is 3. The number of aliphatic carboxylic acids is 1. The third kappa shape index (κ3) is 6.84. The summed E-state index contributed by atoms with van der Waals surface area (Å²) in [7, 11) is 1.51. The molecule has 1 aliphatic heterocycles. The van der Waals surface area contributed by atoms with Crippen molar-refractivity contribution in [2.45, 2.75) is 18.6 Å². The van der Waals surface area contributed by atoms with Crippen LogP contribution in [0.1, 0.15) is 18.0 Å². The van der Waals surface area contributed by atoms with Gasteiger partial charge in [-0.05, 0) is 54.1 Å². The van der Waals surface area contributed by atoms with E-state index in [1.807, 2.05) is 0 Å². The Hall–Kier alpha value is -5.13. The van der Waals surface area contributed by atoms with Gasteiger partial charge in [-0.3, -0.25) is 19.4 Å². The molecule has 0 spiro atoms. The molecule has 3 N–H and O–H groups in total. The molecule has 11 nitrogen and oxygen atoms in total. The van der Waals surface area contributed by atoms with Crippen LogP contribution in [-0.4, -0.2) is 65.3 Å². The number of carboxylic acid groups (broad SMARTS) is 1. The molecule has 1 heterocycles. The second kappa shape index (κ2) is 12.6. The summed E-state index contributed by atoms with van der Waals surface area (Å²) in [5, 5.41) is 14.7. The zero-order valence-electron chi connectivity index (χ0n) is 21.5. The fourth-order valence-corrected chi connectivity index (χ4v) is 4.20. The minimum absolute atomic E-state index is 0.00981. The van der Waals surface area contributed by atoms with Gasteiger partial charge in [-0.15, -0.1) is 0 Å². The molecule has 4 rings (SSSR count). The maximum atomic E-state index is 13.6. The summed E-state index contributed by atoms with van der Waals surface area (Å²) < 4.78 is 24.0. The number of anilines is 1. The van der Waals surface area contributed by atoms with E-state index in [-0.39, 0.29) is 18.8 Å². The summed E-state index contributed by atoms with van der Waals surface area (Å²) in [5.74, 6) is -1.74. The maximum Gasteiger partial charge on any atom is 0.417 e. The highest BCUT2D eigenvalue weighted by molar-refractivity contribution is 5.96. The molecule has 208 valence electrons. The van der Waals surface area contributed by atoms with E-state index in [2.05, 4.69) is 10.6 Å². The van der Waals surface area contributed by atoms with Crippen molar-refractivity contribution in [3.8, 4) is 11.5 Å². The smallest absolute Gasteiger partial charge is 0.417 e. The molecule has 0 aromatic heterocycles. The molecule has 0 aliphatic carbocycles. The third-order valence-electron chi connectivity index (χ3n) is 6.16. The van der Waals surface area contributed by atoms with Crippen molar-refractivity contribution in [2.24, 2.45) is 0 Å². The molecule has 1 aliphatic rings. The summed E-state index contributed by atoms with van der Waals surface area (Å²) in [5.41, 5.74) is 0.758. The predicted octanol–water partition coefficient (Wildman–Crippen LogP) is 3.84. The molecule has 0 radical (unpaired) electrons. The predicted molar refractivity (Wildman–Crippen MR) is 141 cm³/mol. The normalized spacial score (nSPS) is 15.2. The molecule has 2 unspecified atom stereocenters. The summed E-state index contributed by atoms with van der Waals surface area (Å²) in [6, 6.07) is 18.0. The second-order valence-electron chi connectivity index (χ2n) is 8.81. The first-order chi connectivity index (χ1) is 19.2. The van der Waals surface area contributed by atoms with E-state index in [0.717, 1.165) is 21.9 Å². The van der Waals surface area contributed by atoms with Crippen LogP contribution in [0.25, 0.3) is 0 Å². The van der Waals surface area contributed by atoms with E-state index in [1.54, 1.807) is 54.6 Å². The monoisotopic (exact) mass is 550 g/mol. The van der Waals surface area contributed by atoms with E-state index < -0.39 is 48.4 Å². The van der Waals surface area contributed by atoms with E-state index in [0.29, 0.717) is 17.0 Å². The highest BCUT2D eigenvalue weighted by Crippen LogP contribution is 2.24. The van der Waals surface area contributed by atoms with Crippen molar-refractivity contribution in [2.75, 3.05) is 25.5 Å². The molecule has 0 saturated carbocycles. The number of rotatable bonds is 8. The lowest BCUT2D eigenvalue weighted by Gasteiger charge is -2.30. The van der Waals surface area contributed by atoms with E-state index in [9.17, 15) is 28.7 Å². The fraction of sp³-hybridized carbons (Fsp3) is 0.214. The lowest BCUT2D eigenvalue weighted by atomic mass is 10.0. The van der Waals surface area contributed by atoms with Crippen LogP contribution in [0, 0.1) is 5.82 Å². The number of carbonyl (C=O) groups excluding carboxylic acids is 3. The number of carboxylic acids is 1. The number of methoxy groups -OCH3 is 1. The number of nitrogens with zero attached hydrogens (tertiary/aromatic N) is 2. The fourth-order valence-electron chi connectivity index (χ4n) is 4.20. The molecule has 3 aromatic rings. The van der Waals surface area contributed by atoms with Gasteiger partial charge in [-0.25, -0.2) is 14.0 Å². The SMILES string of the molecule is COc1ccc(NC(=O)N2CCN(C(=O)Oc3ccccc3)C2C(=O)NC(CC(=O)O)c2ccc(F)cc2)cc1. The second-order valence-corrected chi connectivity index (χ2v) is 8.81. The van der Waals surface area contributed by atoms with Crippen molar-refractivity contribution in [1.29, 1.82) is 0 Å². The van der Waals surface area contributed by atoms with Crippen molar-refractivity contribution in [3.63, 3.8) is 0 Å². The van der Waals surface area contributed by atoms with Crippen LogP contribution in [0.3, 0.4) is 0 Å². The molecular weight excluding hydrogens is 523 g/mol. The Balaban J connectivity index is 1.59. The summed E-state index contributed by atoms with van der Waals surface area (Å²) in [6.45, 7) is -0.0377. The van der Waals surface area contributed by atoms with Gasteiger partial charge in [0.05, 0.1) is 19.6 Å². The molecule has 0 bridgehead atoms. The van der Waals surface area contributed by atoms with E-state index in [1.165, 1.54) is 19.2 Å². The van der Waals surface area contributed by atoms with Crippen molar-refractivity contribution in [3.05, 3.63) is 90.2 Å². The first-order valence-electron chi connectivity index (χ1n) is 12.3. The van der Waals surface area contributed by atoms with Gasteiger partial charge in [-0.1, -0.05) is 30.3 Å². The molecule has 3 aromatic carbocycles. The number of nitrogens with one attached hydrogen (secondary N) is 2. The van der Waals surface area contributed by atoms with Crippen molar-refractivity contribution < 1.29 is 38.1 Å². The van der Waals surface area contributed by atoms with Crippen LogP contribution < -0.4 is 20.1 Å². The van der Waals surface area contributed by atoms with Gasteiger partial charge in [0.15, 0.2) is 6.17 Å². The molecule has 1 fully saturated rings. The van der Waals surface area contributed by atoms with Gasteiger partial charge >= 0.3 is 18.1 Å². The number of halogens is 1. The average molecular weight is 551 g/mol. The van der Waals surface area contributed by atoms with Gasteiger partial charge in [0.2, 0.25) is 0 Å². The third-order valence-corrected chi connectivity index (χ3v) is 6.16. The van der Waals surface area contributed by atoms with Crippen LogP contribution in [-0.2, 0) is 9.59 Å². The topological polar surface area (TPSA) is 138 Å². The number of ether oxygens (including phenoxy) is 2. The zero-order valence-corrected chi connectivity index (χ0v) is 21.5. The Morgan fingerprint density at radius 3 is 2.20 bits per heavy atom. The standard InChI is InChI=1S/C28H27FN4O7/c1-39-21-13-11-20(12-14-21)30-27(37)32-15-16-33(28(38)40-22-5-3-2-4-6-22)26(32)25(36)31-23(17-24(34)35)18-7-9-19(29)10-8-18/h2-14,23,26H,15-17H2,1H3,(H,30,37)(H,31,36)(H,34,35). The van der Waals surface area contributed by atoms with Crippen LogP contribution >= 0.6 is 0 Å². The Labute approximate surface area is 229 Å². The maximum absolute atomic E-state index is 13.6. The Morgan fingerprint density at radius 1 is 0.925 bits per heavy atom. The Morgan fingerprint density at radius 2 is 1.57 bits per heavy atom. The average Bonchev–Trinajstić information content (AvgIpc) is 3.40. The highest BCUT2D eigenvalue weighted by Gasteiger charge is 2.44. The molecule has 12 heteroatoms. The summed E-state index contributed by atoms with van der Waals surface area (Å²) >= 11 is 0. The van der Waals surface area contributed by atoms with Gasteiger partial charge in [0, 0.05) is 18.8 Å². The van der Waals surface area contributed by atoms with Gasteiger partial charge in [-0.2, -0.15) is 0 Å². The van der Waals surface area contributed by atoms with Crippen LogP contribution in [0.2, 0.25) is 0 Å². The lowest BCUT2D eigenvalue weighted by Crippen LogP contribution is -2.55. The van der Waals surface area contributed by atoms with Crippen LogP contribution in [0.15, 0.2) is 78.9 Å². The minimum Gasteiger partial charge on any atom is -0.497 e. The largest absolute Gasteiger partial charge is 0.497 e. The van der Waals surface area contributed by atoms with Crippen LogP contribution in [0.5, 0.6) is 11.5 Å². The number of amides is 4. The van der Waals surface area contributed by atoms with Crippen LogP contribution in [0.4, 0.5) is 19.7 Å². The number of benzene rings is 3. The highest BCUT2D eigenvalue weighted by atomic mass is 19.1. The lowest BCUT2D eigenvalue weighted by molar-refractivity contribution is -0.138. The van der Waals surface area contributed by atoms with Gasteiger partial charge < -0.3 is 25.2 Å². The van der Waals surface area contributed by atoms with Gasteiger partial charge in [0.1, 0.15) is 17.3 Å². The number of hydrogen-bond acceptors (Lipinski definition) is 6.